The molecule has 0 aliphatic carbocycles. The van der Waals surface area contributed by atoms with Gasteiger partial charge in [0.15, 0.2) is 0 Å². The molecule has 1 aromatic carbocycles. The summed E-state index contributed by atoms with van der Waals surface area (Å²) in [5, 5.41) is 11.1. The predicted molar refractivity (Wildman–Crippen MR) is 74.8 cm³/mol. The summed E-state index contributed by atoms with van der Waals surface area (Å²) in [6.45, 7) is 5.95. The molecule has 0 bridgehead atoms. The van der Waals surface area contributed by atoms with Crippen molar-refractivity contribution in [3.63, 3.8) is 0 Å². The predicted octanol–water partition coefficient (Wildman–Crippen LogP) is 2.32. The third-order valence-corrected chi connectivity index (χ3v) is 3.85. The van der Waals surface area contributed by atoms with Crippen LogP contribution >= 0.6 is 0 Å². The molecule has 1 saturated heterocycles. The number of nitro benzene ring substituents is 1. The maximum absolute atomic E-state index is 11.1. The number of nitro groups is 1. The van der Waals surface area contributed by atoms with Gasteiger partial charge in [0.25, 0.3) is 5.69 Å². The quantitative estimate of drug-likeness (QED) is 0.671. The summed E-state index contributed by atoms with van der Waals surface area (Å²) >= 11 is 0. The number of para-hydroxylation sites is 1. The minimum atomic E-state index is -0.306. The van der Waals surface area contributed by atoms with Crippen LogP contribution in [-0.2, 0) is 0 Å². The van der Waals surface area contributed by atoms with Gasteiger partial charge in [-0.1, -0.05) is 25.1 Å². The number of benzene rings is 1. The Balaban J connectivity index is 2.24. The van der Waals surface area contributed by atoms with Gasteiger partial charge in [0.05, 0.1) is 4.92 Å². The molecule has 0 amide bonds. The van der Waals surface area contributed by atoms with E-state index in [1.54, 1.807) is 12.1 Å². The van der Waals surface area contributed by atoms with Crippen LogP contribution < -0.4 is 5.73 Å². The highest BCUT2D eigenvalue weighted by atomic mass is 16.6. The first-order chi connectivity index (χ1) is 8.99. The highest BCUT2D eigenvalue weighted by molar-refractivity contribution is 5.41. The van der Waals surface area contributed by atoms with Crippen LogP contribution in [0.25, 0.3) is 0 Å². The monoisotopic (exact) mass is 263 g/mol. The van der Waals surface area contributed by atoms with Crippen LogP contribution in [0.4, 0.5) is 5.69 Å². The lowest BCUT2D eigenvalue weighted by atomic mass is 9.93. The average Bonchev–Trinajstić information content (AvgIpc) is 2.36. The number of nitrogens with two attached hydrogens (primary N) is 1. The molecule has 19 heavy (non-hydrogen) atoms. The fourth-order valence-corrected chi connectivity index (χ4v) is 2.96. The van der Waals surface area contributed by atoms with E-state index in [1.165, 1.54) is 0 Å². The fourth-order valence-electron chi connectivity index (χ4n) is 2.96. The molecular formula is C14H21N3O2. The van der Waals surface area contributed by atoms with Gasteiger partial charge in [0, 0.05) is 36.8 Å². The molecule has 104 valence electrons. The van der Waals surface area contributed by atoms with Crippen molar-refractivity contribution >= 4 is 5.69 Å². The second-order valence-electron chi connectivity index (χ2n) is 5.55. The summed E-state index contributed by atoms with van der Waals surface area (Å²) in [5.74, 6) is 0.536. The Hall–Kier alpha value is -1.46. The van der Waals surface area contributed by atoms with E-state index in [-0.39, 0.29) is 22.7 Å². The van der Waals surface area contributed by atoms with Crippen LogP contribution in [0.3, 0.4) is 0 Å². The zero-order chi connectivity index (χ0) is 14.0. The Kier molecular flexibility index (Phi) is 4.17. The Morgan fingerprint density at radius 3 is 2.74 bits per heavy atom. The molecule has 2 N–H and O–H groups in total. The van der Waals surface area contributed by atoms with Crippen LogP contribution in [0, 0.1) is 16.0 Å². The van der Waals surface area contributed by atoms with Crippen LogP contribution in [-0.4, -0.2) is 29.0 Å². The first kappa shape index (κ1) is 14.0. The summed E-state index contributed by atoms with van der Waals surface area (Å²) in [7, 11) is 0. The van der Waals surface area contributed by atoms with Crippen LogP contribution in [0.15, 0.2) is 24.3 Å². The van der Waals surface area contributed by atoms with Gasteiger partial charge in [-0.2, -0.15) is 0 Å². The minimum Gasteiger partial charge on any atom is -0.327 e. The lowest BCUT2D eigenvalue weighted by Gasteiger charge is -2.38. The number of rotatable bonds is 3. The number of piperidine rings is 1. The number of hydrogen-bond donors (Lipinski definition) is 1. The summed E-state index contributed by atoms with van der Waals surface area (Å²) in [6.07, 6.45) is 1.03. The third kappa shape index (κ3) is 3.11. The Labute approximate surface area is 113 Å². The second-order valence-corrected chi connectivity index (χ2v) is 5.55. The van der Waals surface area contributed by atoms with Crippen molar-refractivity contribution < 1.29 is 4.92 Å². The van der Waals surface area contributed by atoms with E-state index >= 15 is 0 Å². The molecule has 1 aliphatic heterocycles. The zero-order valence-electron chi connectivity index (χ0n) is 11.5. The van der Waals surface area contributed by atoms with Gasteiger partial charge in [0.1, 0.15) is 0 Å². The first-order valence-corrected chi connectivity index (χ1v) is 6.72. The molecule has 0 radical (unpaired) electrons. The standard InChI is InChI=1S/C14H21N3O2/c1-10-7-12(15)9-16(8-10)11(2)13-5-3-4-6-14(13)17(18)19/h3-6,10-12H,7-9,15H2,1-2H3. The first-order valence-electron chi connectivity index (χ1n) is 6.72. The number of nitrogens with zero attached hydrogens (tertiary/aromatic N) is 2. The van der Waals surface area contributed by atoms with Gasteiger partial charge in [-0.3, -0.25) is 15.0 Å². The maximum Gasteiger partial charge on any atom is 0.274 e. The molecular weight excluding hydrogens is 242 g/mol. The summed E-state index contributed by atoms with van der Waals surface area (Å²) < 4.78 is 0. The van der Waals surface area contributed by atoms with Crippen LogP contribution in [0.5, 0.6) is 0 Å². The molecule has 1 fully saturated rings. The van der Waals surface area contributed by atoms with Gasteiger partial charge in [0.2, 0.25) is 0 Å². The Bertz CT molecular complexity index is 454. The molecule has 0 aromatic heterocycles. The topological polar surface area (TPSA) is 72.4 Å². The summed E-state index contributed by atoms with van der Waals surface area (Å²) in [5.41, 5.74) is 7.02. The molecule has 1 heterocycles. The highest BCUT2D eigenvalue weighted by Crippen LogP contribution is 2.31. The molecule has 2 rings (SSSR count). The molecule has 3 unspecified atom stereocenters. The van der Waals surface area contributed by atoms with Crippen molar-refractivity contribution in [3.8, 4) is 0 Å². The van der Waals surface area contributed by atoms with Gasteiger partial charge in [-0.15, -0.1) is 0 Å². The smallest absolute Gasteiger partial charge is 0.274 e. The molecule has 0 saturated carbocycles. The van der Waals surface area contributed by atoms with E-state index in [2.05, 4.69) is 11.8 Å². The van der Waals surface area contributed by atoms with Gasteiger partial charge >= 0.3 is 0 Å². The van der Waals surface area contributed by atoms with E-state index < -0.39 is 0 Å². The summed E-state index contributed by atoms with van der Waals surface area (Å²) in [6, 6.07) is 7.15. The van der Waals surface area contributed by atoms with Crippen molar-refractivity contribution in [1.29, 1.82) is 0 Å². The number of hydrogen-bond acceptors (Lipinski definition) is 4. The normalized spacial score (nSPS) is 26.1. The average molecular weight is 263 g/mol. The third-order valence-electron chi connectivity index (χ3n) is 3.85. The van der Waals surface area contributed by atoms with Crippen molar-refractivity contribution in [2.75, 3.05) is 13.1 Å². The Morgan fingerprint density at radius 2 is 2.11 bits per heavy atom. The van der Waals surface area contributed by atoms with Crippen LogP contribution in [0.1, 0.15) is 31.9 Å². The van der Waals surface area contributed by atoms with Crippen molar-refractivity contribution in [2.45, 2.75) is 32.4 Å². The summed E-state index contributed by atoms with van der Waals surface area (Å²) in [4.78, 5) is 13.0. The van der Waals surface area contributed by atoms with Crippen molar-refractivity contribution in [2.24, 2.45) is 11.7 Å². The van der Waals surface area contributed by atoms with E-state index in [9.17, 15) is 10.1 Å². The van der Waals surface area contributed by atoms with Crippen molar-refractivity contribution in [3.05, 3.63) is 39.9 Å². The van der Waals surface area contributed by atoms with Gasteiger partial charge in [-0.25, -0.2) is 0 Å². The molecule has 0 spiro atoms. The van der Waals surface area contributed by atoms with E-state index in [1.807, 2.05) is 19.1 Å². The van der Waals surface area contributed by atoms with Crippen molar-refractivity contribution in [1.82, 2.24) is 4.90 Å². The molecule has 5 heteroatoms. The molecule has 5 nitrogen and oxygen atoms in total. The molecule has 1 aliphatic rings. The molecule has 1 aromatic rings. The highest BCUT2D eigenvalue weighted by Gasteiger charge is 2.29. The van der Waals surface area contributed by atoms with E-state index in [4.69, 9.17) is 5.73 Å². The SMILES string of the molecule is CC1CC(N)CN(C(C)c2ccccc2[N+](=O)[O-])C1. The van der Waals surface area contributed by atoms with E-state index in [0.717, 1.165) is 25.1 Å². The maximum atomic E-state index is 11.1. The molecule has 3 atom stereocenters. The zero-order valence-corrected chi connectivity index (χ0v) is 11.5. The fraction of sp³-hybridized carbons (Fsp3) is 0.571. The van der Waals surface area contributed by atoms with E-state index in [0.29, 0.717) is 5.92 Å². The lowest BCUT2D eigenvalue weighted by molar-refractivity contribution is -0.386. The lowest BCUT2D eigenvalue weighted by Crippen LogP contribution is -2.47. The van der Waals surface area contributed by atoms with Gasteiger partial charge < -0.3 is 5.73 Å². The largest absolute Gasteiger partial charge is 0.327 e. The Morgan fingerprint density at radius 1 is 1.42 bits per heavy atom. The number of likely N-dealkylation sites (tertiary alicyclic amines) is 1. The van der Waals surface area contributed by atoms with Gasteiger partial charge in [-0.05, 0) is 19.3 Å². The minimum absolute atomic E-state index is 0.0235. The van der Waals surface area contributed by atoms with Crippen LogP contribution in [0.2, 0.25) is 0 Å². The second kappa shape index (κ2) is 5.67.